The highest BCUT2D eigenvalue weighted by atomic mass is 16.4. The van der Waals surface area contributed by atoms with Crippen molar-refractivity contribution in [2.24, 2.45) is 0 Å². The predicted octanol–water partition coefficient (Wildman–Crippen LogP) is 10.4. The summed E-state index contributed by atoms with van der Waals surface area (Å²) in [6, 6.07) is 47.6. The van der Waals surface area contributed by atoms with Crippen molar-refractivity contribution < 1.29 is 4.42 Å². The van der Waals surface area contributed by atoms with Gasteiger partial charge >= 0.3 is 6.01 Å². The summed E-state index contributed by atoms with van der Waals surface area (Å²) in [5.41, 5.74) is 11.2. The van der Waals surface area contributed by atoms with Crippen molar-refractivity contribution in [3.8, 4) is 22.3 Å². The van der Waals surface area contributed by atoms with Crippen LogP contribution in [-0.2, 0) is 5.41 Å². The number of oxazole rings is 1. The van der Waals surface area contributed by atoms with Crippen LogP contribution in [0.5, 0.6) is 0 Å². The molecule has 41 heavy (non-hydrogen) atoms. The molecule has 0 atom stereocenters. The lowest BCUT2D eigenvalue weighted by Crippen LogP contribution is -2.15. The first-order valence-electron chi connectivity index (χ1n) is 14.1. The fourth-order valence-corrected chi connectivity index (χ4v) is 6.40. The SMILES string of the molecule is CC1(C)c2ccccc2-c2cc(N(c3ccc(-c4ccccc4)cc3)c3nc4c(ccc5ccccc54)o3)ccc21. The monoisotopic (exact) mass is 528 g/mol. The Morgan fingerprint density at radius 1 is 0.585 bits per heavy atom. The van der Waals surface area contributed by atoms with Gasteiger partial charge in [0.05, 0.1) is 11.4 Å². The highest BCUT2D eigenvalue weighted by Crippen LogP contribution is 2.50. The third-order valence-electron chi connectivity index (χ3n) is 8.52. The molecule has 0 N–H and O–H groups in total. The lowest BCUT2D eigenvalue weighted by molar-refractivity contribution is 0.608. The Morgan fingerprint density at radius 2 is 1.27 bits per heavy atom. The van der Waals surface area contributed by atoms with E-state index in [1.165, 1.54) is 33.4 Å². The molecule has 1 heterocycles. The molecule has 0 fully saturated rings. The summed E-state index contributed by atoms with van der Waals surface area (Å²) in [5, 5.41) is 2.24. The van der Waals surface area contributed by atoms with Crippen molar-refractivity contribution in [1.29, 1.82) is 0 Å². The van der Waals surface area contributed by atoms with Gasteiger partial charge in [0.25, 0.3) is 0 Å². The molecule has 196 valence electrons. The standard InChI is InChI=1S/C38H28N2O/c1-38(2)33-15-9-8-14-31(33)32-24-29(21-22-34(32)38)40(28-19-16-26(17-20-28)25-10-4-3-5-11-25)37-39-36-30-13-7-6-12-27(30)18-23-35(36)41-37/h3-24H,1-2H3. The van der Waals surface area contributed by atoms with Crippen molar-refractivity contribution in [2.45, 2.75) is 19.3 Å². The Balaban J connectivity index is 1.32. The molecule has 1 aliphatic carbocycles. The zero-order chi connectivity index (χ0) is 27.6. The smallest absolute Gasteiger partial charge is 0.307 e. The van der Waals surface area contributed by atoms with Crippen LogP contribution in [0.4, 0.5) is 17.4 Å². The van der Waals surface area contributed by atoms with Gasteiger partial charge in [-0.1, -0.05) is 117 Å². The number of hydrogen-bond acceptors (Lipinski definition) is 3. The van der Waals surface area contributed by atoms with E-state index in [4.69, 9.17) is 9.40 Å². The normalized spacial score (nSPS) is 13.3. The molecule has 7 aromatic rings. The second kappa shape index (κ2) is 8.94. The average molecular weight is 529 g/mol. The van der Waals surface area contributed by atoms with Gasteiger partial charge in [-0.15, -0.1) is 0 Å². The van der Waals surface area contributed by atoms with Crippen molar-refractivity contribution >= 4 is 39.3 Å². The van der Waals surface area contributed by atoms with Crippen LogP contribution in [0.2, 0.25) is 0 Å². The Kier molecular flexibility index (Phi) is 5.17. The minimum atomic E-state index is -0.0524. The fourth-order valence-electron chi connectivity index (χ4n) is 6.40. The summed E-state index contributed by atoms with van der Waals surface area (Å²) in [6.07, 6.45) is 0. The van der Waals surface area contributed by atoms with E-state index < -0.39 is 0 Å². The van der Waals surface area contributed by atoms with Crippen LogP contribution in [0.15, 0.2) is 138 Å². The Bertz CT molecular complexity index is 2070. The van der Waals surface area contributed by atoms with Crippen molar-refractivity contribution in [3.05, 3.63) is 145 Å². The van der Waals surface area contributed by atoms with E-state index >= 15 is 0 Å². The fraction of sp³-hybridized carbons (Fsp3) is 0.0789. The minimum Gasteiger partial charge on any atom is -0.423 e. The molecule has 1 aromatic heterocycles. The second-order valence-corrected chi connectivity index (χ2v) is 11.3. The summed E-state index contributed by atoms with van der Waals surface area (Å²) in [5.74, 6) is 0. The number of hydrogen-bond donors (Lipinski definition) is 0. The number of nitrogens with zero attached hydrogens (tertiary/aromatic N) is 2. The van der Waals surface area contributed by atoms with Gasteiger partial charge in [0.15, 0.2) is 5.58 Å². The van der Waals surface area contributed by atoms with E-state index in [1.807, 2.05) is 12.1 Å². The van der Waals surface area contributed by atoms with E-state index in [9.17, 15) is 0 Å². The first-order valence-corrected chi connectivity index (χ1v) is 14.1. The molecule has 8 rings (SSSR count). The molecule has 0 unspecified atom stereocenters. The van der Waals surface area contributed by atoms with Crippen LogP contribution in [0.1, 0.15) is 25.0 Å². The Labute approximate surface area is 239 Å². The highest BCUT2D eigenvalue weighted by Gasteiger charge is 2.35. The van der Waals surface area contributed by atoms with Crippen molar-refractivity contribution in [3.63, 3.8) is 0 Å². The van der Waals surface area contributed by atoms with Gasteiger partial charge in [-0.3, -0.25) is 4.90 Å². The maximum atomic E-state index is 6.51. The van der Waals surface area contributed by atoms with Gasteiger partial charge in [0.2, 0.25) is 0 Å². The van der Waals surface area contributed by atoms with Crippen LogP contribution >= 0.6 is 0 Å². The molecule has 0 saturated carbocycles. The maximum absolute atomic E-state index is 6.51. The van der Waals surface area contributed by atoms with E-state index in [1.54, 1.807) is 0 Å². The summed E-state index contributed by atoms with van der Waals surface area (Å²) in [6.45, 7) is 4.62. The largest absolute Gasteiger partial charge is 0.423 e. The number of rotatable bonds is 4. The van der Waals surface area contributed by atoms with Crippen molar-refractivity contribution in [2.75, 3.05) is 4.90 Å². The summed E-state index contributed by atoms with van der Waals surface area (Å²) >= 11 is 0. The summed E-state index contributed by atoms with van der Waals surface area (Å²) in [7, 11) is 0. The van der Waals surface area contributed by atoms with E-state index in [-0.39, 0.29) is 5.41 Å². The van der Waals surface area contributed by atoms with E-state index in [0.717, 1.165) is 33.2 Å². The third kappa shape index (κ3) is 3.70. The molecule has 0 saturated heterocycles. The van der Waals surface area contributed by atoms with Gasteiger partial charge in [-0.05, 0) is 69.1 Å². The van der Waals surface area contributed by atoms with Gasteiger partial charge in [0, 0.05) is 10.8 Å². The van der Waals surface area contributed by atoms with Gasteiger partial charge in [-0.2, -0.15) is 4.98 Å². The second-order valence-electron chi connectivity index (χ2n) is 11.3. The van der Waals surface area contributed by atoms with E-state index in [0.29, 0.717) is 6.01 Å². The predicted molar refractivity (Wildman–Crippen MR) is 169 cm³/mol. The number of benzene rings is 6. The summed E-state index contributed by atoms with van der Waals surface area (Å²) in [4.78, 5) is 7.24. The molecule has 0 amide bonds. The Hall–Kier alpha value is -5.15. The number of aromatic nitrogens is 1. The number of fused-ring (bicyclic) bond motifs is 6. The first-order chi connectivity index (χ1) is 20.1. The minimum absolute atomic E-state index is 0.0524. The zero-order valence-corrected chi connectivity index (χ0v) is 23.0. The highest BCUT2D eigenvalue weighted by molar-refractivity contribution is 6.04. The zero-order valence-electron chi connectivity index (χ0n) is 23.0. The molecular weight excluding hydrogens is 500 g/mol. The van der Waals surface area contributed by atoms with Gasteiger partial charge in [0.1, 0.15) is 5.52 Å². The molecule has 0 radical (unpaired) electrons. The maximum Gasteiger partial charge on any atom is 0.307 e. The van der Waals surface area contributed by atoms with Crippen molar-refractivity contribution in [1.82, 2.24) is 4.98 Å². The average Bonchev–Trinajstić information content (AvgIpc) is 3.55. The van der Waals surface area contributed by atoms with Gasteiger partial charge in [-0.25, -0.2) is 0 Å². The van der Waals surface area contributed by atoms with Crippen LogP contribution < -0.4 is 4.90 Å². The molecule has 3 heteroatoms. The van der Waals surface area contributed by atoms with Gasteiger partial charge < -0.3 is 4.42 Å². The number of anilines is 3. The van der Waals surface area contributed by atoms with Crippen LogP contribution in [0.25, 0.3) is 44.1 Å². The molecule has 1 aliphatic rings. The van der Waals surface area contributed by atoms with Crippen LogP contribution in [-0.4, -0.2) is 4.98 Å². The molecule has 3 nitrogen and oxygen atoms in total. The van der Waals surface area contributed by atoms with Crippen LogP contribution in [0.3, 0.4) is 0 Å². The molecule has 0 aliphatic heterocycles. The lowest BCUT2D eigenvalue weighted by Gasteiger charge is -2.24. The molecule has 0 bridgehead atoms. The molecule has 6 aromatic carbocycles. The van der Waals surface area contributed by atoms with Crippen LogP contribution in [0, 0.1) is 0 Å². The quantitative estimate of drug-likeness (QED) is 0.228. The Morgan fingerprint density at radius 3 is 2.12 bits per heavy atom. The topological polar surface area (TPSA) is 29.3 Å². The lowest BCUT2D eigenvalue weighted by atomic mass is 9.82. The molecular formula is C38H28N2O. The summed E-state index contributed by atoms with van der Waals surface area (Å²) < 4.78 is 6.51. The molecule has 0 spiro atoms. The third-order valence-corrected chi connectivity index (χ3v) is 8.52. The first kappa shape index (κ1) is 23.7. The van der Waals surface area contributed by atoms with E-state index in [2.05, 4.69) is 140 Å².